The minimum atomic E-state index is -0.640. The lowest BCUT2D eigenvalue weighted by Crippen LogP contribution is -2.23. The molecule has 1 aliphatic heterocycles. The summed E-state index contributed by atoms with van der Waals surface area (Å²) < 4.78 is 14.2. The third-order valence-electron chi connectivity index (χ3n) is 1.40. The van der Waals surface area contributed by atoms with E-state index in [1.165, 1.54) is 7.11 Å². The Morgan fingerprint density at radius 3 is 2.70 bits per heavy atom. The van der Waals surface area contributed by atoms with Crippen LogP contribution in [0.5, 0.6) is 0 Å². The van der Waals surface area contributed by atoms with E-state index >= 15 is 0 Å². The summed E-state index contributed by atoms with van der Waals surface area (Å²) in [5.41, 5.74) is 0. The van der Waals surface area contributed by atoms with E-state index in [1.807, 2.05) is 6.92 Å². The molecule has 0 aromatic carbocycles. The summed E-state index contributed by atoms with van der Waals surface area (Å²) in [5, 5.41) is 0. The normalized spacial score (nSPS) is 31.6. The molecule has 1 rings (SSSR count). The summed E-state index contributed by atoms with van der Waals surface area (Å²) in [7, 11) is 1.48. The summed E-state index contributed by atoms with van der Waals surface area (Å²) in [5.74, 6) is 0. The monoisotopic (exact) mass is 146 g/mol. The standard InChI is InChI=1S/C6H10O4/c1-3-4-5(8-2)10-6(7)9-4/h4-5H,3H2,1-2H3. The Bertz CT molecular complexity index is 120. The molecule has 0 amide bonds. The zero-order chi connectivity index (χ0) is 7.56. The molecule has 1 saturated heterocycles. The zero-order valence-corrected chi connectivity index (χ0v) is 5.99. The molecule has 4 heteroatoms. The van der Waals surface area contributed by atoms with E-state index in [-0.39, 0.29) is 6.10 Å². The molecule has 0 spiro atoms. The second kappa shape index (κ2) is 2.88. The van der Waals surface area contributed by atoms with Gasteiger partial charge in [-0.3, -0.25) is 0 Å². The highest BCUT2D eigenvalue weighted by Crippen LogP contribution is 2.17. The lowest BCUT2D eigenvalue weighted by atomic mass is 10.3. The van der Waals surface area contributed by atoms with Gasteiger partial charge in [-0.2, -0.15) is 0 Å². The fraction of sp³-hybridized carbons (Fsp3) is 0.833. The Morgan fingerprint density at radius 2 is 2.30 bits per heavy atom. The minimum absolute atomic E-state index is 0.238. The number of ether oxygens (including phenoxy) is 3. The van der Waals surface area contributed by atoms with Crippen molar-refractivity contribution in [2.24, 2.45) is 0 Å². The highest BCUT2D eigenvalue weighted by Gasteiger charge is 2.35. The summed E-state index contributed by atoms with van der Waals surface area (Å²) in [6.45, 7) is 1.90. The van der Waals surface area contributed by atoms with Gasteiger partial charge in [-0.15, -0.1) is 0 Å². The van der Waals surface area contributed by atoms with Crippen LogP contribution in [-0.4, -0.2) is 25.7 Å². The van der Waals surface area contributed by atoms with Crippen LogP contribution in [0.3, 0.4) is 0 Å². The van der Waals surface area contributed by atoms with Crippen LogP contribution >= 0.6 is 0 Å². The number of methoxy groups -OCH3 is 1. The van der Waals surface area contributed by atoms with E-state index in [0.717, 1.165) is 0 Å². The zero-order valence-electron chi connectivity index (χ0n) is 5.99. The molecule has 0 aromatic rings. The van der Waals surface area contributed by atoms with Gasteiger partial charge in [-0.1, -0.05) is 6.92 Å². The van der Waals surface area contributed by atoms with Crippen LogP contribution < -0.4 is 0 Å². The molecule has 2 unspecified atom stereocenters. The molecule has 1 aliphatic rings. The van der Waals surface area contributed by atoms with Crippen molar-refractivity contribution < 1.29 is 19.0 Å². The Kier molecular flexibility index (Phi) is 2.11. The first-order chi connectivity index (χ1) is 4.77. The number of hydrogen-bond donors (Lipinski definition) is 0. The van der Waals surface area contributed by atoms with Crippen molar-refractivity contribution in [2.75, 3.05) is 7.11 Å². The molecular formula is C6H10O4. The Hall–Kier alpha value is -0.770. The molecule has 2 atom stereocenters. The van der Waals surface area contributed by atoms with Crippen LogP contribution in [0.4, 0.5) is 4.79 Å². The van der Waals surface area contributed by atoms with Gasteiger partial charge in [0, 0.05) is 7.11 Å². The molecule has 1 heterocycles. The first-order valence-electron chi connectivity index (χ1n) is 3.18. The lowest BCUT2D eigenvalue weighted by Gasteiger charge is -2.09. The van der Waals surface area contributed by atoms with Crippen LogP contribution in [-0.2, 0) is 14.2 Å². The molecule has 0 bridgehead atoms. The first kappa shape index (κ1) is 7.34. The minimum Gasteiger partial charge on any atom is -0.424 e. The van der Waals surface area contributed by atoms with E-state index in [9.17, 15) is 4.79 Å². The molecule has 0 aliphatic carbocycles. The number of hydrogen-bond acceptors (Lipinski definition) is 4. The lowest BCUT2D eigenvalue weighted by molar-refractivity contribution is -0.0771. The fourth-order valence-corrected chi connectivity index (χ4v) is 0.853. The van der Waals surface area contributed by atoms with Gasteiger partial charge in [-0.05, 0) is 6.42 Å². The number of cyclic esters (lactones) is 2. The largest absolute Gasteiger partial charge is 0.511 e. The number of carbonyl (C=O) groups excluding carboxylic acids is 1. The fourth-order valence-electron chi connectivity index (χ4n) is 0.853. The predicted octanol–water partition coefficient (Wildman–Crippen LogP) is 0.904. The van der Waals surface area contributed by atoms with E-state index in [1.54, 1.807) is 0 Å². The maximum Gasteiger partial charge on any atom is 0.511 e. The van der Waals surface area contributed by atoms with Gasteiger partial charge in [0.25, 0.3) is 0 Å². The summed E-state index contributed by atoms with van der Waals surface area (Å²) in [6.07, 6.45) is -0.682. The van der Waals surface area contributed by atoms with Gasteiger partial charge in [0.15, 0.2) is 6.10 Å². The third-order valence-corrected chi connectivity index (χ3v) is 1.40. The molecule has 0 radical (unpaired) electrons. The molecule has 0 aromatic heterocycles. The molecule has 1 fully saturated rings. The quantitative estimate of drug-likeness (QED) is 0.543. The molecule has 10 heavy (non-hydrogen) atoms. The van der Waals surface area contributed by atoms with Crippen LogP contribution in [0, 0.1) is 0 Å². The van der Waals surface area contributed by atoms with Crippen molar-refractivity contribution >= 4 is 6.16 Å². The SMILES string of the molecule is CCC1OC(=O)OC1OC. The van der Waals surface area contributed by atoms with Gasteiger partial charge in [-0.25, -0.2) is 4.79 Å². The topological polar surface area (TPSA) is 44.8 Å². The summed E-state index contributed by atoms with van der Waals surface area (Å²) in [4.78, 5) is 10.5. The van der Waals surface area contributed by atoms with Crippen molar-refractivity contribution in [3.63, 3.8) is 0 Å². The average molecular weight is 146 g/mol. The van der Waals surface area contributed by atoms with E-state index < -0.39 is 12.4 Å². The smallest absolute Gasteiger partial charge is 0.424 e. The second-order valence-corrected chi connectivity index (χ2v) is 2.04. The van der Waals surface area contributed by atoms with Crippen LogP contribution in [0.2, 0.25) is 0 Å². The van der Waals surface area contributed by atoms with E-state index in [0.29, 0.717) is 6.42 Å². The Balaban J connectivity index is 2.48. The number of carbonyl (C=O) groups is 1. The van der Waals surface area contributed by atoms with Gasteiger partial charge in [0.1, 0.15) is 0 Å². The molecule has 0 N–H and O–H groups in total. The van der Waals surface area contributed by atoms with Crippen molar-refractivity contribution in [3.8, 4) is 0 Å². The third kappa shape index (κ3) is 1.21. The predicted molar refractivity (Wildman–Crippen MR) is 32.4 cm³/mol. The first-order valence-corrected chi connectivity index (χ1v) is 3.18. The second-order valence-electron chi connectivity index (χ2n) is 2.04. The summed E-state index contributed by atoms with van der Waals surface area (Å²) in [6, 6.07) is 0. The Morgan fingerprint density at radius 1 is 1.60 bits per heavy atom. The molecule has 58 valence electrons. The van der Waals surface area contributed by atoms with Crippen molar-refractivity contribution in [1.82, 2.24) is 0 Å². The van der Waals surface area contributed by atoms with E-state index in [2.05, 4.69) is 4.74 Å². The highest BCUT2D eigenvalue weighted by atomic mass is 16.8. The van der Waals surface area contributed by atoms with Crippen molar-refractivity contribution in [3.05, 3.63) is 0 Å². The molecule has 0 saturated carbocycles. The van der Waals surface area contributed by atoms with Crippen LogP contribution in [0.15, 0.2) is 0 Å². The van der Waals surface area contributed by atoms with Gasteiger partial charge in [0.2, 0.25) is 6.29 Å². The molecule has 4 nitrogen and oxygen atoms in total. The maximum atomic E-state index is 10.5. The Labute approximate surface area is 59.1 Å². The van der Waals surface area contributed by atoms with E-state index in [4.69, 9.17) is 9.47 Å². The van der Waals surface area contributed by atoms with Crippen molar-refractivity contribution in [2.45, 2.75) is 25.7 Å². The highest BCUT2D eigenvalue weighted by molar-refractivity contribution is 5.62. The van der Waals surface area contributed by atoms with Gasteiger partial charge in [0.05, 0.1) is 0 Å². The average Bonchev–Trinajstić information content (AvgIpc) is 2.30. The number of rotatable bonds is 2. The molecular weight excluding hydrogens is 136 g/mol. The maximum absolute atomic E-state index is 10.5. The summed E-state index contributed by atoms with van der Waals surface area (Å²) >= 11 is 0. The van der Waals surface area contributed by atoms with Gasteiger partial charge < -0.3 is 14.2 Å². The van der Waals surface area contributed by atoms with Gasteiger partial charge >= 0.3 is 6.16 Å². The van der Waals surface area contributed by atoms with Crippen LogP contribution in [0.25, 0.3) is 0 Å². The van der Waals surface area contributed by atoms with Crippen LogP contribution in [0.1, 0.15) is 13.3 Å². The van der Waals surface area contributed by atoms with Crippen molar-refractivity contribution in [1.29, 1.82) is 0 Å².